The SMILES string of the molecule is CN=C(NCC(C)Oc1ccc(Cl)cc1)NC(C)CCS(C)(=O)=O. The largest absolute Gasteiger partial charge is 0.489 e. The summed E-state index contributed by atoms with van der Waals surface area (Å²) in [7, 11) is -1.28. The molecule has 0 aliphatic heterocycles. The molecule has 1 aromatic rings. The zero-order valence-corrected chi connectivity index (χ0v) is 16.1. The maximum atomic E-state index is 11.2. The molecule has 136 valence electrons. The minimum Gasteiger partial charge on any atom is -0.489 e. The summed E-state index contributed by atoms with van der Waals surface area (Å²) in [4.78, 5) is 4.14. The number of hydrogen-bond donors (Lipinski definition) is 2. The number of guanidine groups is 1. The topological polar surface area (TPSA) is 79.8 Å². The number of nitrogens with one attached hydrogen (secondary N) is 2. The highest BCUT2D eigenvalue weighted by atomic mass is 35.5. The van der Waals surface area contributed by atoms with Crippen molar-refractivity contribution >= 4 is 27.4 Å². The fourth-order valence-electron chi connectivity index (χ4n) is 1.92. The van der Waals surface area contributed by atoms with Gasteiger partial charge in [0.2, 0.25) is 0 Å². The average molecular weight is 376 g/mol. The fraction of sp³-hybridized carbons (Fsp3) is 0.562. The standard InChI is InChI=1S/C16H26ClN3O3S/c1-12(9-10-24(4,21)22)20-16(18-3)19-11-13(2)23-15-7-5-14(17)6-8-15/h5-8,12-13H,9-11H2,1-4H3,(H2,18,19,20). The van der Waals surface area contributed by atoms with Crippen LogP contribution in [0.3, 0.4) is 0 Å². The van der Waals surface area contributed by atoms with Crippen LogP contribution in [0.5, 0.6) is 5.75 Å². The number of aliphatic imine (C=N–C) groups is 1. The first-order chi connectivity index (χ1) is 11.2. The molecular weight excluding hydrogens is 350 g/mol. The van der Waals surface area contributed by atoms with Crippen LogP contribution in [0.4, 0.5) is 0 Å². The van der Waals surface area contributed by atoms with Crippen molar-refractivity contribution in [2.24, 2.45) is 4.99 Å². The minimum absolute atomic E-state index is 0.00147. The van der Waals surface area contributed by atoms with Gasteiger partial charge in [-0.05, 0) is 44.5 Å². The molecule has 1 rings (SSSR count). The van der Waals surface area contributed by atoms with Gasteiger partial charge in [-0.3, -0.25) is 4.99 Å². The molecule has 8 heteroatoms. The smallest absolute Gasteiger partial charge is 0.191 e. The van der Waals surface area contributed by atoms with Gasteiger partial charge in [0, 0.05) is 24.4 Å². The molecule has 0 aliphatic carbocycles. The lowest BCUT2D eigenvalue weighted by molar-refractivity contribution is 0.223. The van der Waals surface area contributed by atoms with E-state index in [1.54, 1.807) is 19.2 Å². The van der Waals surface area contributed by atoms with Gasteiger partial charge in [0.1, 0.15) is 21.7 Å². The van der Waals surface area contributed by atoms with Gasteiger partial charge in [-0.2, -0.15) is 0 Å². The molecule has 0 fully saturated rings. The van der Waals surface area contributed by atoms with Crippen molar-refractivity contribution in [1.29, 1.82) is 0 Å². The summed E-state index contributed by atoms with van der Waals surface area (Å²) in [5, 5.41) is 7.00. The third-order valence-electron chi connectivity index (χ3n) is 3.24. The number of sulfone groups is 1. The lowest BCUT2D eigenvalue weighted by Gasteiger charge is -2.20. The molecule has 2 atom stereocenters. The van der Waals surface area contributed by atoms with Crippen LogP contribution in [0.25, 0.3) is 0 Å². The summed E-state index contributed by atoms with van der Waals surface area (Å²) in [5.74, 6) is 1.51. The van der Waals surface area contributed by atoms with Crippen molar-refractivity contribution in [3.8, 4) is 5.75 Å². The van der Waals surface area contributed by atoms with Crippen molar-refractivity contribution in [2.45, 2.75) is 32.4 Å². The zero-order chi connectivity index (χ0) is 18.2. The molecule has 0 bridgehead atoms. The number of benzene rings is 1. The first-order valence-corrected chi connectivity index (χ1v) is 10.2. The lowest BCUT2D eigenvalue weighted by atomic mass is 10.3. The lowest BCUT2D eigenvalue weighted by Crippen LogP contribution is -2.45. The first kappa shape index (κ1) is 20.6. The number of ether oxygens (including phenoxy) is 1. The summed E-state index contributed by atoms with van der Waals surface area (Å²) in [6.45, 7) is 4.43. The maximum Gasteiger partial charge on any atom is 0.191 e. The average Bonchev–Trinajstić information content (AvgIpc) is 2.51. The van der Waals surface area contributed by atoms with Crippen molar-refractivity contribution in [2.75, 3.05) is 25.6 Å². The Bertz CT molecular complexity index is 632. The van der Waals surface area contributed by atoms with Crippen molar-refractivity contribution in [1.82, 2.24) is 10.6 Å². The predicted octanol–water partition coefficient (Wildman–Crippen LogP) is 2.10. The number of halogens is 1. The zero-order valence-electron chi connectivity index (χ0n) is 14.5. The molecule has 0 radical (unpaired) electrons. The molecule has 1 aromatic carbocycles. The van der Waals surface area contributed by atoms with Crippen molar-refractivity contribution in [3.05, 3.63) is 29.3 Å². The van der Waals surface area contributed by atoms with Gasteiger partial charge < -0.3 is 15.4 Å². The van der Waals surface area contributed by atoms with E-state index in [9.17, 15) is 8.42 Å². The Morgan fingerprint density at radius 1 is 1.29 bits per heavy atom. The molecule has 0 heterocycles. The second-order valence-corrected chi connectivity index (χ2v) is 8.50. The molecule has 24 heavy (non-hydrogen) atoms. The Morgan fingerprint density at radius 2 is 1.92 bits per heavy atom. The molecule has 2 N–H and O–H groups in total. The molecule has 0 aliphatic rings. The highest BCUT2D eigenvalue weighted by Crippen LogP contribution is 2.16. The first-order valence-electron chi connectivity index (χ1n) is 7.76. The summed E-state index contributed by atoms with van der Waals surface area (Å²) in [6, 6.07) is 7.19. The molecule has 0 aromatic heterocycles. The summed E-state index contributed by atoms with van der Waals surface area (Å²) in [5.41, 5.74) is 0. The third-order valence-corrected chi connectivity index (χ3v) is 4.47. The maximum absolute atomic E-state index is 11.2. The highest BCUT2D eigenvalue weighted by Gasteiger charge is 2.11. The van der Waals surface area contributed by atoms with Crippen LogP contribution in [0, 0.1) is 0 Å². The summed E-state index contributed by atoms with van der Waals surface area (Å²) < 4.78 is 28.2. The quantitative estimate of drug-likeness (QED) is 0.537. The van der Waals surface area contributed by atoms with Crippen LogP contribution in [0.2, 0.25) is 5.02 Å². The fourth-order valence-corrected chi connectivity index (χ4v) is 2.83. The molecule has 0 amide bonds. The van der Waals surface area contributed by atoms with E-state index in [-0.39, 0.29) is 17.9 Å². The molecule has 0 spiro atoms. The van der Waals surface area contributed by atoms with Crippen LogP contribution in [0.15, 0.2) is 29.3 Å². The van der Waals surface area contributed by atoms with Gasteiger partial charge >= 0.3 is 0 Å². The molecule has 0 saturated carbocycles. The van der Waals surface area contributed by atoms with Crippen LogP contribution >= 0.6 is 11.6 Å². The monoisotopic (exact) mass is 375 g/mol. The van der Waals surface area contributed by atoms with Gasteiger partial charge in [-0.25, -0.2) is 8.42 Å². The van der Waals surface area contributed by atoms with Crippen LogP contribution in [-0.4, -0.2) is 52.1 Å². The van der Waals surface area contributed by atoms with Gasteiger partial charge in [0.15, 0.2) is 5.96 Å². The molecule has 0 saturated heterocycles. The Morgan fingerprint density at radius 3 is 2.46 bits per heavy atom. The van der Waals surface area contributed by atoms with Crippen molar-refractivity contribution in [3.63, 3.8) is 0 Å². The highest BCUT2D eigenvalue weighted by molar-refractivity contribution is 7.90. The molecular formula is C16H26ClN3O3S. The summed E-state index contributed by atoms with van der Waals surface area (Å²) >= 11 is 5.84. The van der Waals surface area contributed by atoms with E-state index in [1.165, 1.54) is 6.26 Å². The normalized spacial score (nSPS) is 14.8. The third kappa shape index (κ3) is 8.98. The van der Waals surface area contributed by atoms with Crippen molar-refractivity contribution < 1.29 is 13.2 Å². The van der Waals surface area contributed by atoms with Gasteiger partial charge in [-0.15, -0.1) is 0 Å². The van der Waals surface area contributed by atoms with Gasteiger partial charge in [0.25, 0.3) is 0 Å². The van der Waals surface area contributed by atoms with Crippen LogP contribution in [0.1, 0.15) is 20.3 Å². The summed E-state index contributed by atoms with van der Waals surface area (Å²) in [6.07, 6.45) is 1.69. The minimum atomic E-state index is -2.95. The predicted molar refractivity (Wildman–Crippen MR) is 99.8 cm³/mol. The van der Waals surface area contributed by atoms with E-state index in [2.05, 4.69) is 15.6 Å². The van der Waals surface area contributed by atoms with Crippen LogP contribution < -0.4 is 15.4 Å². The van der Waals surface area contributed by atoms with E-state index < -0.39 is 9.84 Å². The van der Waals surface area contributed by atoms with E-state index >= 15 is 0 Å². The Labute approximate surface area is 149 Å². The Kier molecular flexibility index (Phi) is 8.35. The number of nitrogens with zero attached hydrogens (tertiary/aromatic N) is 1. The second-order valence-electron chi connectivity index (χ2n) is 5.80. The molecule has 2 unspecified atom stereocenters. The van der Waals surface area contributed by atoms with Gasteiger partial charge in [0.05, 0.1) is 12.3 Å². The Hall–Kier alpha value is -1.47. The number of hydrogen-bond acceptors (Lipinski definition) is 4. The van der Waals surface area contributed by atoms with E-state index in [0.717, 1.165) is 5.75 Å². The van der Waals surface area contributed by atoms with E-state index in [0.29, 0.717) is 23.9 Å². The van der Waals surface area contributed by atoms with Crippen LogP contribution in [-0.2, 0) is 9.84 Å². The van der Waals surface area contributed by atoms with E-state index in [1.807, 2.05) is 26.0 Å². The number of rotatable bonds is 8. The van der Waals surface area contributed by atoms with Gasteiger partial charge in [-0.1, -0.05) is 11.6 Å². The second kappa shape index (κ2) is 9.74. The van der Waals surface area contributed by atoms with E-state index in [4.69, 9.17) is 16.3 Å². The molecule has 6 nitrogen and oxygen atoms in total. The Balaban J connectivity index is 2.38.